The molecule has 0 aromatic carbocycles. The first kappa shape index (κ1) is 12.3. The van der Waals surface area contributed by atoms with Crippen LogP contribution in [-0.4, -0.2) is 32.4 Å². The first-order chi connectivity index (χ1) is 8.22. The molecule has 1 aromatic heterocycles. The summed E-state index contributed by atoms with van der Waals surface area (Å²) in [6.07, 6.45) is -0.481. The summed E-state index contributed by atoms with van der Waals surface area (Å²) in [6, 6.07) is 3.68. The minimum atomic E-state index is -0.481. The third-order valence-corrected chi connectivity index (χ3v) is 2.73. The van der Waals surface area contributed by atoms with Crippen LogP contribution in [0, 0.1) is 0 Å². The zero-order valence-electron chi connectivity index (χ0n) is 9.97. The Hall–Kier alpha value is -1.17. The van der Waals surface area contributed by atoms with E-state index in [-0.39, 0.29) is 18.5 Å². The van der Waals surface area contributed by atoms with E-state index in [1.54, 1.807) is 7.11 Å². The Bertz CT molecular complexity index is 384. The molecule has 1 aromatic rings. The van der Waals surface area contributed by atoms with Crippen LogP contribution in [-0.2, 0) is 25.6 Å². The molecule has 1 saturated heterocycles. The number of methoxy groups -OCH3 is 1. The number of furan rings is 1. The predicted molar refractivity (Wildman–Crippen MR) is 58.5 cm³/mol. The maximum atomic E-state index is 11.5. The number of ketones is 1. The van der Waals surface area contributed by atoms with Crippen LogP contribution >= 0.6 is 0 Å². The van der Waals surface area contributed by atoms with E-state index in [4.69, 9.17) is 18.6 Å². The number of carbonyl (C=O) groups excluding carboxylic acids is 1. The van der Waals surface area contributed by atoms with Crippen molar-refractivity contribution in [1.82, 2.24) is 0 Å². The molecule has 0 amide bonds. The maximum Gasteiger partial charge on any atom is 0.159 e. The lowest BCUT2D eigenvalue weighted by Gasteiger charge is -2.28. The normalized spacial score (nSPS) is 24.8. The third-order valence-electron chi connectivity index (χ3n) is 2.73. The maximum absolute atomic E-state index is 11.5. The lowest BCUT2D eigenvalue weighted by Crippen LogP contribution is -2.37. The monoisotopic (exact) mass is 240 g/mol. The average Bonchev–Trinajstić information content (AvgIpc) is 2.78. The van der Waals surface area contributed by atoms with Gasteiger partial charge in [-0.25, -0.2) is 0 Å². The molecular formula is C12H16O5. The van der Waals surface area contributed by atoms with Crippen LogP contribution in [0.3, 0.4) is 0 Å². The highest BCUT2D eigenvalue weighted by molar-refractivity contribution is 5.81. The average molecular weight is 240 g/mol. The number of hydrogen-bond donors (Lipinski definition) is 0. The van der Waals surface area contributed by atoms with E-state index in [9.17, 15) is 4.79 Å². The molecule has 5 nitrogen and oxygen atoms in total. The van der Waals surface area contributed by atoms with Gasteiger partial charge in [-0.2, -0.15) is 0 Å². The lowest BCUT2D eigenvalue weighted by atomic mass is 9.97. The van der Waals surface area contributed by atoms with Crippen molar-refractivity contribution in [2.24, 2.45) is 0 Å². The van der Waals surface area contributed by atoms with Gasteiger partial charge in [0.2, 0.25) is 0 Å². The second-order valence-corrected chi connectivity index (χ2v) is 4.03. The van der Waals surface area contributed by atoms with Crippen molar-refractivity contribution >= 4 is 5.78 Å². The molecule has 0 bridgehead atoms. The summed E-state index contributed by atoms with van der Waals surface area (Å²) in [5.41, 5.74) is 0. The number of hydrogen-bond acceptors (Lipinski definition) is 5. The largest absolute Gasteiger partial charge is 0.463 e. The summed E-state index contributed by atoms with van der Waals surface area (Å²) in [4.78, 5) is 11.5. The molecule has 2 atom stereocenters. The minimum Gasteiger partial charge on any atom is -0.463 e. The van der Waals surface area contributed by atoms with Crippen molar-refractivity contribution in [2.75, 3.05) is 20.5 Å². The molecule has 94 valence electrons. The molecule has 2 unspecified atom stereocenters. The molecule has 5 heteroatoms. The van der Waals surface area contributed by atoms with Crippen molar-refractivity contribution in [2.45, 2.75) is 25.6 Å². The van der Waals surface area contributed by atoms with Gasteiger partial charge in [-0.3, -0.25) is 4.79 Å². The van der Waals surface area contributed by atoms with Gasteiger partial charge in [0.25, 0.3) is 0 Å². The van der Waals surface area contributed by atoms with E-state index < -0.39 is 6.10 Å². The first-order valence-corrected chi connectivity index (χ1v) is 5.49. The minimum absolute atomic E-state index is 0.0111. The van der Waals surface area contributed by atoms with E-state index >= 15 is 0 Å². The summed E-state index contributed by atoms with van der Waals surface area (Å²) in [6.45, 7) is 2.53. The molecule has 0 N–H and O–H groups in total. The molecule has 2 rings (SSSR count). The van der Waals surface area contributed by atoms with Crippen molar-refractivity contribution in [1.29, 1.82) is 0 Å². The van der Waals surface area contributed by atoms with Crippen LogP contribution in [0.5, 0.6) is 0 Å². The summed E-state index contributed by atoms with van der Waals surface area (Å²) < 4.78 is 21.1. The highest BCUT2D eigenvalue weighted by Crippen LogP contribution is 2.28. The molecule has 0 radical (unpaired) electrons. The molecule has 1 aliphatic heterocycles. The van der Waals surface area contributed by atoms with E-state index in [2.05, 4.69) is 0 Å². The Morgan fingerprint density at radius 1 is 1.53 bits per heavy atom. The molecule has 17 heavy (non-hydrogen) atoms. The Kier molecular flexibility index (Phi) is 3.93. The van der Waals surface area contributed by atoms with Crippen molar-refractivity contribution < 1.29 is 23.4 Å². The van der Waals surface area contributed by atoms with Crippen LogP contribution in [0.25, 0.3) is 0 Å². The van der Waals surface area contributed by atoms with Crippen LogP contribution in [0.4, 0.5) is 0 Å². The number of carbonyl (C=O) groups is 1. The summed E-state index contributed by atoms with van der Waals surface area (Å²) in [7, 11) is 1.60. The van der Waals surface area contributed by atoms with Gasteiger partial charge in [-0.1, -0.05) is 0 Å². The second kappa shape index (κ2) is 5.44. The van der Waals surface area contributed by atoms with Gasteiger partial charge in [0.15, 0.2) is 5.78 Å². The van der Waals surface area contributed by atoms with Crippen LogP contribution in [0.1, 0.15) is 24.4 Å². The van der Waals surface area contributed by atoms with Gasteiger partial charge >= 0.3 is 0 Å². The van der Waals surface area contributed by atoms with Crippen LogP contribution < -0.4 is 0 Å². The van der Waals surface area contributed by atoms with E-state index in [1.165, 1.54) is 6.92 Å². The third kappa shape index (κ3) is 2.74. The summed E-state index contributed by atoms with van der Waals surface area (Å²) in [5, 5.41) is 0. The van der Waals surface area contributed by atoms with Crippen molar-refractivity contribution in [3.05, 3.63) is 23.7 Å². The number of Topliss-reactive ketones (excluding diaryl/α,β-unsaturated/α-hetero) is 1. The smallest absolute Gasteiger partial charge is 0.159 e. The number of rotatable bonds is 4. The summed E-state index contributed by atoms with van der Waals surface area (Å²) >= 11 is 0. The number of ether oxygens (including phenoxy) is 3. The van der Waals surface area contributed by atoms with E-state index in [1.807, 2.05) is 12.1 Å². The molecule has 1 aliphatic rings. The molecule has 0 saturated carbocycles. The molecule has 1 fully saturated rings. The van der Waals surface area contributed by atoms with Gasteiger partial charge in [0, 0.05) is 7.11 Å². The zero-order chi connectivity index (χ0) is 12.3. The van der Waals surface area contributed by atoms with Crippen molar-refractivity contribution in [3.63, 3.8) is 0 Å². The van der Waals surface area contributed by atoms with E-state index in [0.717, 1.165) is 5.76 Å². The standard InChI is InChI=1S/C12H16O5/c1-8(13)12-10(6-15-7-16-12)11-4-3-9(17-11)5-14-2/h3-4,10,12H,5-7H2,1-2H3. The van der Waals surface area contributed by atoms with Crippen LogP contribution in [0.15, 0.2) is 16.5 Å². The topological polar surface area (TPSA) is 57.9 Å². The van der Waals surface area contributed by atoms with Gasteiger partial charge in [-0.05, 0) is 19.1 Å². The highest BCUT2D eigenvalue weighted by atomic mass is 16.7. The first-order valence-electron chi connectivity index (χ1n) is 5.49. The Morgan fingerprint density at radius 3 is 3.06 bits per heavy atom. The zero-order valence-corrected chi connectivity index (χ0v) is 9.97. The predicted octanol–water partition coefficient (Wildman–Crippen LogP) is 1.47. The quantitative estimate of drug-likeness (QED) is 0.797. The second-order valence-electron chi connectivity index (χ2n) is 4.03. The Morgan fingerprint density at radius 2 is 2.35 bits per heavy atom. The molecule has 0 spiro atoms. The lowest BCUT2D eigenvalue weighted by molar-refractivity contribution is -0.168. The fourth-order valence-electron chi connectivity index (χ4n) is 1.95. The molecule has 2 heterocycles. The van der Waals surface area contributed by atoms with E-state index in [0.29, 0.717) is 19.0 Å². The van der Waals surface area contributed by atoms with Gasteiger partial charge < -0.3 is 18.6 Å². The fraction of sp³-hybridized carbons (Fsp3) is 0.583. The SMILES string of the molecule is COCc1ccc(C2COCOC2C(C)=O)o1. The highest BCUT2D eigenvalue weighted by Gasteiger charge is 2.33. The van der Waals surface area contributed by atoms with Crippen molar-refractivity contribution in [3.8, 4) is 0 Å². The molecular weight excluding hydrogens is 224 g/mol. The van der Waals surface area contributed by atoms with Crippen LogP contribution in [0.2, 0.25) is 0 Å². The Balaban J connectivity index is 2.14. The van der Waals surface area contributed by atoms with Gasteiger partial charge in [0.05, 0.1) is 12.5 Å². The Labute approximate surface area is 99.6 Å². The van der Waals surface area contributed by atoms with Gasteiger partial charge in [-0.15, -0.1) is 0 Å². The van der Waals surface area contributed by atoms with Gasteiger partial charge in [0.1, 0.15) is 31.0 Å². The summed E-state index contributed by atoms with van der Waals surface area (Å²) in [5.74, 6) is 1.25. The fourth-order valence-corrected chi connectivity index (χ4v) is 1.95. The molecule has 0 aliphatic carbocycles.